The lowest BCUT2D eigenvalue weighted by Crippen LogP contribution is -2.24. The number of nitrogens with one attached hydrogen (secondary N) is 1. The average Bonchev–Trinajstić information content (AvgIpc) is 2.52. The van der Waals surface area contributed by atoms with E-state index in [9.17, 15) is 0 Å². The van der Waals surface area contributed by atoms with Crippen LogP contribution in [0.25, 0.3) is 0 Å². The molecule has 0 radical (unpaired) electrons. The predicted molar refractivity (Wildman–Crippen MR) is 97.9 cm³/mol. The monoisotopic (exact) mass is 312 g/mol. The number of rotatable bonds is 8. The van der Waals surface area contributed by atoms with Gasteiger partial charge in [0, 0.05) is 31.4 Å². The van der Waals surface area contributed by atoms with Crippen molar-refractivity contribution in [2.75, 3.05) is 23.3 Å². The molecule has 23 heavy (non-hydrogen) atoms. The Morgan fingerprint density at radius 2 is 1.87 bits per heavy atom. The van der Waals surface area contributed by atoms with Gasteiger partial charge in [-0.3, -0.25) is 0 Å². The molecule has 1 aromatic carbocycles. The molecule has 0 aliphatic rings. The second-order valence-electron chi connectivity index (χ2n) is 6.30. The van der Waals surface area contributed by atoms with Crippen LogP contribution in [0.3, 0.4) is 0 Å². The third-order valence-corrected chi connectivity index (χ3v) is 3.77. The van der Waals surface area contributed by atoms with Gasteiger partial charge >= 0.3 is 0 Å². The highest BCUT2D eigenvalue weighted by atomic mass is 15.2. The highest BCUT2D eigenvalue weighted by Gasteiger charge is 2.10. The predicted octanol–water partition coefficient (Wildman–Crippen LogP) is 4.27. The molecule has 0 saturated carbocycles. The van der Waals surface area contributed by atoms with E-state index in [4.69, 9.17) is 4.98 Å². The van der Waals surface area contributed by atoms with Crippen LogP contribution in [0.2, 0.25) is 0 Å². The van der Waals surface area contributed by atoms with Crippen LogP contribution in [0, 0.1) is 12.8 Å². The summed E-state index contributed by atoms with van der Waals surface area (Å²) in [4.78, 5) is 11.5. The van der Waals surface area contributed by atoms with Crippen molar-refractivity contribution >= 4 is 11.8 Å². The minimum absolute atomic E-state index is 0.678. The Morgan fingerprint density at radius 1 is 1.13 bits per heavy atom. The topological polar surface area (TPSA) is 41.1 Å². The molecule has 0 unspecified atom stereocenters. The second kappa shape index (κ2) is 8.51. The summed E-state index contributed by atoms with van der Waals surface area (Å²) in [6.07, 6.45) is 1.12. The van der Waals surface area contributed by atoms with Gasteiger partial charge < -0.3 is 10.2 Å². The van der Waals surface area contributed by atoms with Gasteiger partial charge in [0.1, 0.15) is 5.82 Å². The summed E-state index contributed by atoms with van der Waals surface area (Å²) in [6, 6.07) is 12.6. The molecule has 0 fully saturated rings. The Kier molecular flexibility index (Phi) is 6.39. The molecule has 0 amide bonds. The van der Waals surface area contributed by atoms with E-state index >= 15 is 0 Å². The molecule has 1 heterocycles. The van der Waals surface area contributed by atoms with Gasteiger partial charge in [-0.1, -0.05) is 44.2 Å². The zero-order valence-corrected chi connectivity index (χ0v) is 14.7. The molecule has 2 aromatic rings. The van der Waals surface area contributed by atoms with Crippen LogP contribution < -0.4 is 10.2 Å². The molecular formula is C19H28N4. The lowest BCUT2D eigenvalue weighted by atomic mass is 10.1. The second-order valence-corrected chi connectivity index (χ2v) is 6.30. The van der Waals surface area contributed by atoms with Crippen molar-refractivity contribution in [3.05, 3.63) is 47.7 Å². The molecule has 0 saturated heterocycles. The van der Waals surface area contributed by atoms with E-state index in [0.29, 0.717) is 5.92 Å². The summed E-state index contributed by atoms with van der Waals surface area (Å²) in [5.74, 6) is 2.39. The maximum Gasteiger partial charge on any atom is 0.224 e. The molecular weight excluding hydrogens is 284 g/mol. The van der Waals surface area contributed by atoms with Crippen LogP contribution in [-0.4, -0.2) is 23.1 Å². The van der Waals surface area contributed by atoms with Crippen LogP contribution in [0.1, 0.15) is 38.4 Å². The number of aryl methyl sites for hydroxylation is 1. The van der Waals surface area contributed by atoms with Crippen LogP contribution in [0.15, 0.2) is 36.4 Å². The molecule has 1 N–H and O–H groups in total. The number of hydrogen-bond acceptors (Lipinski definition) is 4. The molecule has 1 aromatic heterocycles. The first-order valence-electron chi connectivity index (χ1n) is 8.47. The summed E-state index contributed by atoms with van der Waals surface area (Å²) >= 11 is 0. The Bertz CT molecular complexity index is 596. The van der Waals surface area contributed by atoms with E-state index in [1.807, 2.05) is 13.0 Å². The molecule has 0 atom stereocenters. The summed E-state index contributed by atoms with van der Waals surface area (Å²) in [7, 11) is 0. The number of aromatic nitrogens is 2. The van der Waals surface area contributed by atoms with Crippen molar-refractivity contribution in [1.82, 2.24) is 9.97 Å². The number of anilines is 2. The first kappa shape index (κ1) is 17.3. The molecule has 0 bridgehead atoms. The molecule has 124 valence electrons. The van der Waals surface area contributed by atoms with E-state index in [2.05, 4.69) is 66.3 Å². The molecule has 0 aliphatic carbocycles. The largest absolute Gasteiger partial charge is 0.354 e. The Labute approximate surface area is 140 Å². The van der Waals surface area contributed by atoms with Gasteiger partial charge in [0.15, 0.2) is 0 Å². The van der Waals surface area contributed by atoms with Crippen LogP contribution >= 0.6 is 0 Å². The van der Waals surface area contributed by atoms with Crippen molar-refractivity contribution < 1.29 is 0 Å². The maximum absolute atomic E-state index is 4.70. The summed E-state index contributed by atoms with van der Waals surface area (Å²) in [6.45, 7) is 11.3. The van der Waals surface area contributed by atoms with Gasteiger partial charge in [-0.05, 0) is 31.7 Å². The quantitative estimate of drug-likeness (QED) is 0.790. The Balaban J connectivity index is 2.11. The zero-order chi connectivity index (χ0) is 16.7. The smallest absolute Gasteiger partial charge is 0.224 e. The van der Waals surface area contributed by atoms with Crippen molar-refractivity contribution in [2.45, 2.75) is 40.7 Å². The van der Waals surface area contributed by atoms with Crippen molar-refractivity contribution in [3.63, 3.8) is 0 Å². The lowest BCUT2D eigenvalue weighted by Gasteiger charge is -2.23. The fourth-order valence-corrected chi connectivity index (χ4v) is 2.42. The van der Waals surface area contributed by atoms with Crippen molar-refractivity contribution in [2.24, 2.45) is 5.92 Å². The Hall–Kier alpha value is -2.10. The normalized spacial score (nSPS) is 10.8. The van der Waals surface area contributed by atoms with E-state index < -0.39 is 0 Å². The minimum Gasteiger partial charge on any atom is -0.354 e. The summed E-state index contributed by atoms with van der Waals surface area (Å²) in [5.41, 5.74) is 2.29. The molecule has 0 spiro atoms. The number of hydrogen-bond donors (Lipinski definition) is 1. The fraction of sp³-hybridized carbons (Fsp3) is 0.474. The van der Waals surface area contributed by atoms with Gasteiger partial charge in [-0.25, -0.2) is 4.98 Å². The van der Waals surface area contributed by atoms with Crippen LogP contribution in [0.4, 0.5) is 11.8 Å². The van der Waals surface area contributed by atoms with E-state index in [1.165, 1.54) is 5.56 Å². The van der Waals surface area contributed by atoms with Crippen molar-refractivity contribution in [3.8, 4) is 0 Å². The number of benzene rings is 1. The molecule has 4 heteroatoms. The SMILES string of the molecule is CCN(Cc1ccccc1)c1cc(C)nc(NCCC(C)C)n1. The van der Waals surface area contributed by atoms with E-state index in [1.54, 1.807) is 0 Å². The number of nitrogens with zero attached hydrogens (tertiary/aromatic N) is 3. The standard InChI is InChI=1S/C19H28N4/c1-5-23(14-17-9-7-6-8-10-17)18-13-16(4)21-19(22-18)20-12-11-15(2)3/h6-10,13,15H,5,11-12,14H2,1-4H3,(H,20,21,22). The lowest BCUT2D eigenvalue weighted by molar-refractivity contribution is 0.605. The van der Waals surface area contributed by atoms with Gasteiger partial charge in [0.05, 0.1) is 0 Å². The minimum atomic E-state index is 0.678. The third kappa shape index (κ3) is 5.55. The van der Waals surface area contributed by atoms with Gasteiger partial charge in [-0.15, -0.1) is 0 Å². The third-order valence-electron chi connectivity index (χ3n) is 3.77. The first-order valence-corrected chi connectivity index (χ1v) is 8.47. The van der Waals surface area contributed by atoms with Gasteiger partial charge in [-0.2, -0.15) is 4.98 Å². The van der Waals surface area contributed by atoms with E-state index in [-0.39, 0.29) is 0 Å². The first-order chi connectivity index (χ1) is 11.1. The van der Waals surface area contributed by atoms with Crippen molar-refractivity contribution in [1.29, 1.82) is 0 Å². The van der Waals surface area contributed by atoms with E-state index in [0.717, 1.165) is 43.5 Å². The summed E-state index contributed by atoms with van der Waals surface area (Å²) < 4.78 is 0. The zero-order valence-electron chi connectivity index (χ0n) is 14.7. The molecule has 0 aliphatic heterocycles. The molecule has 2 rings (SSSR count). The molecule has 4 nitrogen and oxygen atoms in total. The highest BCUT2D eigenvalue weighted by Crippen LogP contribution is 2.17. The highest BCUT2D eigenvalue weighted by molar-refractivity contribution is 5.45. The fourth-order valence-electron chi connectivity index (χ4n) is 2.42. The van der Waals surface area contributed by atoms with Gasteiger partial charge in [0.2, 0.25) is 5.95 Å². The Morgan fingerprint density at radius 3 is 2.52 bits per heavy atom. The maximum atomic E-state index is 4.70. The average molecular weight is 312 g/mol. The van der Waals surface area contributed by atoms with Gasteiger partial charge in [0.25, 0.3) is 0 Å². The summed E-state index contributed by atoms with van der Waals surface area (Å²) in [5, 5.41) is 3.35. The van der Waals surface area contributed by atoms with Crippen LogP contribution in [0.5, 0.6) is 0 Å². The van der Waals surface area contributed by atoms with Crippen LogP contribution in [-0.2, 0) is 6.54 Å².